The van der Waals surface area contributed by atoms with E-state index in [9.17, 15) is 0 Å². The van der Waals surface area contributed by atoms with Crippen LogP contribution in [0.2, 0.25) is 0 Å². The van der Waals surface area contributed by atoms with Crippen LogP contribution in [0.25, 0.3) is 5.69 Å². The third-order valence-corrected chi connectivity index (χ3v) is 2.58. The molecular weight excluding hydrogens is 212 g/mol. The number of methoxy groups -OCH3 is 1. The minimum atomic E-state index is 0.628. The van der Waals surface area contributed by atoms with E-state index in [1.807, 2.05) is 35.1 Å². The molecule has 17 heavy (non-hydrogen) atoms. The lowest BCUT2D eigenvalue weighted by Gasteiger charge is -2.04. The molecule has 0 saturated carbocycles. The van der Waals surface area contributed by atoms with Crippen molar-refractivity contribution >= 4 is 0 Å². The van der Waals surface area contributed by atoms with Crippen LogP contribution in [0.15, 0.2) is 36.5 Å². The molecule has 1 aromatic carbocycles. The molecule has 3 heteroatoms. The van der Waals surface area contributed by atoms with E-state index in [0.717, 1.165) is 23.6 Å². The molecule has 0 atom stereocenters. The molecule has 1 heterocycles. The highest BCUT2D eigenvalue weighted by Crippen LogP contribution is 2.16. The third kappa shape index (κ3) is 2.87. The topological polar surface area (TPSA) is 27.1 Å². The zero-order valence-electron chi connectivity index (χ0n) is 10.6. The van der Waals surface area contributed by atoms with Crippen molar-refractivity contribution in [1.29, 1.82) is 0 Å². The van der Waals surface area contributed by atoms with Crippen molar-refractivity contribution in [2.75, 3.05) is 7.11 Å². The second-order valence-corrected chi connectivity index (χ2v) is 4.55. The van der Waals surface area contributed by atoms with E-state index in [1.165, 1.54) is 0 Å². The van der Waals surface area contributed by atoms with E-state index in [4.69, 9.17) is 4.74 Å². The van der Waals surface area contributed by atoms with Crippen molar-refractivity contribution in [3.05, 3.63) is 42.2 Å². The van der Waals surface area contributed by atoms with Crippen LogP contribution < -0.4 is 4.74 Å². The number of nitrogens with zero attached hydrogens (tertiary/aromatic N) is 2. The van der Waals surface area contributed by atoms with Gasteiger partial charge in [0.05, 0.1) is 18.5 Å². The van der Waals surface area contributed by atoms with Gasteiger partial charge < -0.3 is 4.74 Å². The second kappa shape index (κ2) is 5.04. The van der Waals surface area contributed by atoms with Crippen LogP contribution in [0.1, 0.15) is 19.5 Å². The van der Waals surface area contributed by atoms with Crippen LogP contribution in [0.3, 0.4) is 0 Å². The molecule has 0 N–H and O–H groups in total. The molecule has 0 radical (unpaired) electrons. The van der Waals surface area contributed by atoms with Crippen molar-refractivity contribution < 1.29 is 4.74 Å². The molecule has 0 spiro atoms. The van der Waals surface area contributed by atoms with Crippen molar-refractivity contribution in [2.24, 2.45) is 5.92 Å². The summed E-state index contributed by atoms with van der Waals surface area (Å²) >= 11 is 0. The van der Waals surface area contributed by atoms with Crippen LogP contribution >= 0.6 is 0 Å². The van der Waals surface area contributed by atoms with Gasteiger partial charge in [-0.3, -0.25) is 0 Å². The van der Waals surface area contributed by atoms with E-state index >= 15 is 0 Å². The lowest BCUT2D eigenvalue weighted by atomic mass is 10.1. The summed E-state index contributed by atoms with van der Waals surface area (Å²) < 4.78 is 7.10. The highest BCUT2D eigenvalue weighted by molar-refractivity contribution is 5.38. The summed E-state index contributed by atoms with van der Waals surface area (Å²) in [5, 5.41) is 4.56. The Balaban J connectivity index is 2.24. The highest BCUT2D eigenvalue weighted by atomic mass is 16.5. The molecule has 0 unspecified atom stereocenters. The Hall–Kier alpha value is -1.77. The van der Waals surface area contributed by atoms with E-state index < -0.39 is 0 Å². The molecule has 0 aliphatic carbocycles. The van der Waals surface area contributed by atoms with E-state index in [-0.39, 0.29) is 0 Å². The van der Waals surface area contributed by atoms with Gasteiger partial charge >= 0.3 is 0 Å². The van der Waals surface area contributed by atoms with Gasteiger partial charge in [-0.1, -0.05) is 19.9 Å². The van der Waals surface area contributed by atoms with Gasteiger partial charge in [0.2, 0.25) is 0 Å². The fourth-order valence-electron chi connectivity index (χ4n) is 1.79. The van der Waals surface area contributed by atoms with Gasteiger partial charge in [0, 0.05) is 12.3 Å². The van der Waals surface area contributed by atoms with Crippen LogP contribution in [-0.2, 0) is 6.42 Å². The normalized spacial score (nSPS) is 10.8. The van der Waals surface area contributed by atoms with Crippen LogP contribution in [0.5, 0.6) is 5.75 Å². The molecule has 0 amide bonds. The van der Waals surface area contributed by atoms with Crippen LogP contribution in [0, 0.1) is 5.92 Å². The van der Waals surface area contributed by atoms with Gasteiger partial charge in [-0.2, -0.15) is 5.10 Å². The summed E-state index contributed by atoms with van der Waals surface area (Å²) in [5.74, 6) is 1.48. The molecule has 0 saturated heterocycles. The lowest BCUT2D eigenvalue weighted by molar-refractivity contribution is 0.414. The average Bonchev–Trinajstić information content (AvgIpc) is 2.77. The Kier molecular flexibility index (Phi) is 3.47. The monoisotopic (exact) mass is 230 g/mol. The largest absolute Gasteiger partial charge is 0.497 e. The third-order valence-electron chi connectivity index (χ3n) is 2.58. The maximum atomic E-state index is 5.21. The van der Waals surface area contributed by atoms with Gasteiger partial charge in [0.25, 0.3) is 0 Å². The maximum Gasteiger partial charge on any atom is 0.121 e. The summed E-state index contributed by atoms with van der Waals surface area (Å²) in [6, 6.07) is 9.97. The van der Waals surface area contributed by atoms with E-state index in [1.54, 1.807) is 7.11 Å². The maximum absolute atomic E-state index is 5.21. The van der Waals surface area contributed by atoms with Crippen molar-refractivity contribution in [3.8, 4) is 11.4 Å². The average molecular weight is 230 g/mol. The summed E-state index contributed by atoms with van der Waals surface area (Å²) in [6.07, 6.45) is 3.00. The van der Waals surface area contributed by atoms with E-state index in [2.05, 4.69) is 25.0 Å². The molecule has 2 aromatic rings. The molecule has 0 aliphatic rings. The first-order valence-electron chi connectivity index (χ1n) is 5.88. The Morgan fingerprint density at radius 2 is 2.12 bits per heavy atom. The Morgan fingerprint density at radius 3 is 2.82 bits per heavy atom. The summed E-state index contributed by atoms with van der Waals surface area (Å²) in [6.45, 7) is 4.40. The fourth-order valence-corrected chi connectivity index (χ4v) is 1.79. The standard InChI is InChI=1S/C14H18N2O/c1-11(2)9-12-7-8-16(15-12)13-5-4-6-14(10-13)17-3/h4-8,10-11H,9H2,1-3H3. The predicted octanol–water partition coefficient (Wildman–Crippen LogP) is 3.08. The van der Waals surface area contributed by atoms with E-state index in [0.29, 0.717) is 5.92 Å². The van der Waals surface area contributed by atoms with Crippen molar-refractivity contribution in [2.45, 2.75) is 20.3 Å². The fraction of sp³-hybridized carbons (Fsp3) is 0.357. The highest BCUT2D eigenvalue weighted by Gasteiger charge is 2.04. The van der Waals surface area contributed by atoms with Gasteiger partial charge in [0.1, 0.15) is 5.75 Å². The molecule has 1 aromatic heterocycles. The molecule has 3 nitrogen and oxygen atoms in total. The second-order valence-electron chi connectivity index (χ2n) is 4.55. The minimum absolute atomic E-state index is 0.628. The zero-order valence-corrected chi connectivity index (χ0v) is 10.6. The molecule has 0 bridgehead atoms. The van der Waals surface area contributed by atoms with Crippen molar-refractivity contribution in [3.63, 3.8) is 0 Å². The molecule has 0 fully saturated rings. The summed E-state index contributed by atoms with van der Waals surface area (Å²) in [5.41, 5.74) is 2.15. The first-order chi connectivity index (χ1) is 8.19. The molecule has 2 rings (SSSR count). The van der Waals surface area contributed by atoms with Crippen LogP contribution in [-0.4, -0.2) is 16.9 Å². The number of benzene rings is 1. The SMILES string of the molecule is COc1cccc(-n2ccc(CC(C)C)n2)c1. The van der Waals surface area contributed by atoms with Gasteiger partial charge in [-0.15, -0.1) is 0 Å². The van der Waals surface area contributed by atoms with Crippen LogP contribution in [0.4, 0.5) is 0 Å². The summed E-state index contributed by atoms with van der Waals surface area (Å²) in [7, 11) is 1.67. The smallest absolute Gasteiger partial charge is 0.121 e. The number of ether oxygens (including phenoxy) is 1. The Bertz CT molecular complexity index is 488. The first-order valence-corrected chi connectivity index (χ1v) is 5.88. The first kappa shape index (κ1) is 11.7. The number of rotatable bonds is 4. The Morgan fingerprint density at radius 1 is 1.29 bits per heavy atom. The number of aromatic nitrogens is 2. The minimum Gasteiger partial charge on any atom is -0.497 e. The molecule has 90 valence electrons. The number of hydrogen-bond acceptors (Lipinski definition) is 2. The Labute approximate surface area is 102 Å². The molecule has 0 aliphatic heterocycles. The predicted molar refractivity (Wildman–Crippen MR) is 68.7 cm³/mol. The zero-order chi connectivity index (χ0) is 12.3. The quantitative estimate of drug-likeness (QED) is 0.807. The van der Waals surface area contributed by atoms with Gasteiger partial charge in [0.15, 0.2) is 0 Å². The summed E-state index contributed by atoms with van der Waals surface area (Å²) in [4.78, 5) is 0. The number of hydrogen-bond donors (Lipinski definition) is 0. The van der Waals surface area contributed by atoms with Crippen molar-refractivity contribution in [1.82, 2.24) is 9.78 Å². The van der Waals surface area contributed by atoms with Gasteiger partial charge in [-0.25, -0.2) is 4.68 Å². The molecular formula is C14H18N2O. The van der Waals surface area contributed by atoms with Gasteiger partial charge in [-0.05, 0) is 30.5 Å². The lowest BCUT2D eigenvalue weighted by Crippen LogP contribution is -1.99.